The maximum atomic E-state index is 10.7. The third-order valence-electron chi connectivity index (χ3n) is 5.31. The van der Waals surface area contributed by atoms with E-state index in [2.05, 4.69) is 11.1 Å². The molecule has 2 heterocycles. The van der Waals surface area contributed by atoms with Crippen molar-refractivity contribution in [2.75, 3.05) is 20.3 Å². The van der Waals surface area contributed by atoms with Crippen LogP contribution in [0.2, 0.25) is 0 Å². The number of benzene rings is 1. The van der Waals surface area contributed by atoms with Gasteiger partial charge in [0.25, 0.3) is 0 Å². The van der Waals surface area contributed by atoms with E-state index in [1.807, 2.05) is 53.5 Å². The van der Waals surface area contributed by atoms with Gasteiger partial charge in [0.1, 0.15) is 30.6 Å². The Morgan fingerprint density at radius 2 is 2.18 bits per heavy atom. The van der Waals surface area contributed by atoms with Crippen LogP contribution in [-0.4, -0.2) is 41.4 Å². The third kappa shape index (κ3) is 5.96. The van der Waals surface area contributed by atoms with Gasteiger partial charge in [0, 0.05) is 17.3 Å². The molecule has 7 nitrogen and oxygen atoms in total. The summed E-state index contributed by atoms with van der Waals surface area (Å²) in [6.45, 7) is 0.776. The van der Waals surface area contributed by atoms with E-state index in [0.29, 0.717) is 25.5 Å². The summed E-state index contributed by atoms with van der Waals surface area (Å²) in [5.41, 5.74) is 1.92. The van der Waals surface area contributed by atoms with Gasteiger partial charge >= 0.3 is 0 Å². The number of hydrogen-bond donors (Lipinski definition) is 1. The molecule has 0 fully saturated rings. The Morgan fingerprint density at radius 1 is 1.24 bits per heavy atom. The molecule has 0 unspecified atom stereocenters. The molecule has 0 spiro atoms. The smallest absolute Gasteiger partial charge is 0.235 e. The number of ether oxygens (including phenoxy) is 4. The van der Waals surface area contributed by atoms with Crippen LogP contribution in [0.3, 0.4) is 0 Å². The Kier molecular flexibility index (Phi) is 7.66. The highest BCUT2D eigenvalue weighted by Gasteiger charge is 2.21. The monoisotopic (exact) mass is 448 g/mol. The van der Waals surface area contributed by atoms with E-state index in [1.165, 1.54) is 12.5 Å². The highest BCUT2D eigenvalue weighted by molar-refractivity contribution is 5.86. The van der Waals surface area contributed by atoms with Crippen LogP contribution in [0.25, 0.3) is 10.9 Å². The van der Waals surface area contributed by atoms with Crippen molar-refractivity contribution in [1.82, 2.24) is 9.88 Å². The number of pyridine rings is 1. The molecule has 0 saturated carbocycles. The van der Waals surface area contributed by atoms with Gasteiger partial charge in [0.15, 0.2) is 6.26 Å². The first-order chi connectivity index (χ1) is 16.2. The lowest BCUT2D eigenvalue weighted by atomic mass is 10.1. The SMILES string of the molecule is COc1ccc2nccc(OC/C=C/C[C@@H](O)CN(C3=CC=CCC3)C3=COC=CO3)c2c1. The second-order valence-corrected chi connectivity index (χ2v) is 7.58. The van der Waals surface area contributed by atoms with Crippen molar-refractivity contribution < 1.29 is 24.1 Å². The fourth-order valence-electron chi connectivity index (χ4n) is 3.64. The van der Waals surface area contributed by atoms with Gasteiger partial charge in [-0.1, -0.05) is 24.3 Å². The summed E-state index contributed by atoms with van der Waals surface area (Å²) < 4.78 is 22.1. The van der Waals surface area contributed by atoms with Crippen molar-refractivity contribution in [2.24, 2.45) is 0 Å². The van der Waals surface area contributed by atoms with Gasteiger partial charge in [0.2, 0.25) is 5.88 Å². The minimum Gasteiger partial charge on any atom is -0.497 e. The van der Waals surface area contributed by atoms with E-state index in [-0.39, 0.29) is 0 Å². The average Bonchev–Trinajstić information content (AvgIpc) is 2.88. The van der Waals surface area contributed by atoms with E-state index < -0.39 is 6.10 Å². The lowest BCUT2D eigenvalue weighted by molar-refractivity contribution is 0.0997. The van der Waals surface area contributed by atoms with E-state index >= 15 is 0 Å². The number of methoxy groups -OCH3 is 1. The topological polar surface area (TPSA) is 73.3 Å². The number of aliphatic hydroxyl groups is 1. The first kappa shape index (κ1) is 22.5. The van der Waals surface area contributed by atoms with Crippen molar-refractivity contribution in [2.45, 2.75) is 25.4 Å². The molecular weight excluding hydrogens is 420 g/mol. The molecule has 4 rings (SSSR count). The zero-order chi connectivity index (χ0) is 22.9. The summed E-state index contributed by atoms with van der Waals surface area (Å²) >= 11 is 0. The largest absolute Gasteiger partial charge is 0.497 e. The number of allylic oxidation sites excluding steroid dienone is 4. The van der Waals surface area contributed by atoms with Gasteiger partial charge in [-0.05, 0) is 49.6 Å². The van der Waals surface area contributed by atoms with E-state index in [0.717, 1.165) is 40.9 Å². The Labute approximate surface area is 193 Å². The van der Waals surface area contributed by atoms with Crippen molar-refractivity contribution >= 4 is 10.9 Å². The molecule has 7 heteroatoms. The lowest BCUT2D eigenvalue weighted by Gasteiger charge is -2.31. The second-order valence-electron chi connectivity index (χ2n) is 7.58. The predicted octanol–water partition coefficient (Wildman–Crippen LogP) is 4.78. The number of hydrogen-bond acceptors (Lipinski definition) is 7. The summed E-state index contributed by atoms with van der Waals surface area (Å²) in [7, 11) is 1.63. The quantitative estimate of drug-likeness (QED) is 0.524. The molecule has 2 aromatic rings. The molecule has 1 aromatic carbocycles. The van der Waals surface area contributed by atoms with Crippen LogP contribution in [0.5, 0.6) is 11.5 Å². The Bertz CT molecular complexity index is 1100. The van der Waals surface area contributed by atoms with Crippen LogP contribution < -0.4 is 9.47 Å². The lowest BCUT2D eigenvalue weighted by Crippen LogP contribution is -2.32. The second kappa shape index (κ2) is 11.2. The molecule has 172 valence electrons. The Balaban J connectivity index is 1.32. The van der Waals surface area contributed by atoms with Crippen LogP contribution in [0.1, 0.15) is 19.3 Å². The van der Waals surface area contributed by atoms with Gasteiger partial charge in [-0.15, -0.1) is 0 Å². The fraction of sp³-hybridized carbons (Fsp3) is 0.269. The molecule has 0 bridgehead atoms. The summed E-state index contributed by atoms with van der Waals surface area (Å²) in [5, 5.41) is 11.5. The molecule has 1 atom stereocenters. The number of rotatable bonds is 10. The maximum absolute atomic E-state index is 10.7. The Hall–Kier alpha value is -3.71. The molecule has 0 radical (unpaired) electrons. The molecule has 1 N–H and O–H groups in total. The van der Waals surface area contributed by atoms with Gasteiger partial charge in [0.05, 0.1) is 25.3 Å². The minimum absolute atomic E-state index is 0.385. The molecule has 1 aliphatic heterocycles. The Morgan fingerprint density at radius 3 is 2.97 bits per heavy atom. The number of aromatic nitrogens is 1. The van der Waals surface area contributed by atoms with Gasteiger partial charge in [-0.2, -0.15) is 0 Å². The average molecular weight is 449 g/mol. The van der Waals surface area contributed by atoms with Crippen molar-refractivity contribution in [1.29, 1.82) is 0 Å². The van der Waals surface area contributed by atoms with Gasteiger partial charge in [-0.25, -0.2) is 0 Å². The zero-order valence-electron chi connectivity index (χ0n) is 18.6. The highest BCUT2D eigenvalue weighted by Crippen LogP contribution is 2.28. The molecule has 0 saturated heterocycles. The molecule has 1 aliphatic carbocycles. The molecule has 33 heavy (non-hydrogen) atoms. The molecule has 1 aromatic heterocycles. The van der Waals surface area contributed by atoms with Crippen LogP contribution in [0.4, 0.5) is 0 Å². The summed E-state index contributed by atoms with van der Waals surface area (Å²) in [5.74, 6) is 2.05. The zero-order valence-corrected chi connectivity index (χ0v) is 18.6. The van der Waals surface area contributed by atoms with Gasteiger partial charge in [-0.3, -0.25) is 4.98 Å². The normalized spacial score (nSPS) is 16.1. The van der Waals surface area contributed by atoms with Gasteiger partial charge < -0.3 is 29.0 Å². The maximum Gasteiger partial charge on any atom is 0.235 e. The van der Waals surface area contributed by atoms with E-state index in [1.54, 1.807) is 19.6 Å². The highest BCUT2D eigenvalue weighted by atomic mass is 16.5. The first-order valence-electron chi connectivity index (χ1n) is 10.9. The first-order valence-corrected chi connectivity index (χ1v) is 10.9. The summed E-state index contributed by atoms with van der Waals surface area (Å²) in [4.78, 5) is 6.32. The van der Waals surface area contributed by atoms with Crippen LogP contribution in [0, 0.1) is 0 Å². The minimum atomic E-state index is -0.588. The predicted molar refractivity (Wildman–Crippen MR) is 126 cm³/mol. The fourth-order valence-corrected chi connectivity index (χ4v) is 3.64. The molecular formula is C26H28N2O5. The van der Waals surface area contributed by atoms with Crippen LogP contribution in [0.15, 0.2) is 91.2 Å². The standard InChI is InChI=1S/C26H28N2O5/c1-30-22-10-11-24-23(17-22)25(12-13-27-24)32-14-6-5-9-21(29)18-28(20-7-3-2-4-8-20)26-19-31-15-16-33-26/h2-3,5-7,10-13,15-17,19,21,29H,4,8-9,14,18H2,1H3/b6-5+/t21-/m1/s1. The summed E-state index contributed by atoms with van der Waals surface area (Å²) in [6.07, 6.45) is 18.0. The van der Waals surface area contributed by atoms with Crippen molar-refractivity contribution in [3.8, 4) is 11.5 Å². The third-order valence-corrected chi connectivity index (χ3v) is 5.31. The van der Waals surface area contributed by atoms with Crippen LogP contribution >= 0.6 is 0 Å². The van der Waals surface area contributed by atoms with Crippen molar-refractivity contribution in [3.63, 3.8) is 0 Å². The molecule has 2 aliphatic rings. The summed E-state index contributed by atoms with van der Waals surface area (Å²) in [6, 6.07) is 7.53. The van der Waals surface area contributed by atoms with Crippen molar-refractivity contribution in [3.05, 3.63) is 91.2 Å². The number of nitrogens with zero attached hydrogens (tertiary/aromatic N) is 2. The number of aliphatic hydroxyl groups excluding tert-OH is 1. The van der Waals surface area contributed by atoms with Crippen LogP contribution in [-0.2, 0) is 9.47 Å². The van der Waals surface area contributed by atoms with E-state index in [4.69, 9.17) is 18.9 Å². The number of fused-ring (bicyclic) bond motifs is 1. The molecule has 0 amide bonds. The van der Waals surface area contributed by atoms with E-state index in [9.17, 15) is 5.11 Å².